The zero-order valence-electron chi connectivity index (χ0n) is 16.3. The summed E-state index contributed by atoms with van der Waals surface area (Å²) in [5.74, 6) is -0.287. The van der Waals surface area contributed by atoms with Gasteiger partial charge in [-0.1, -0.05) is 24.6 Å². The molecule has 0 radical (unpaired) electrons. The number of nitrogens with one attached hydrogen (secondary N) is 1. The number of carbonyl (C=O) groups excluding carboxylic acids is 2. The van der Waals surface area contributed by atoms with Crippen LogP contribution in [0.5, 0.6) is 0 Å². The van der Waals surface area contributed by atoms with E-state index in [2.05, 4.69) is 17.2 Å². The van der Waals surface area contributed by atoms with E-state index in [9.17, 15) is 9.59 Å². The van der Waals surface area contributed by atoms with E-state index in [0.29, 0.717) is 11.1 Å². The van der Waals surface area contributed by atoms with E-state index in [1.807, 2.05) is 36.9 Å². The first kappa shape index (κ1) is 19.1. The van der Waals surface area contributed by atoms with Gasteiger partial charge in [-0.15, -0.1) is 0 Å². The van der Waals surface area contributed by atoms with Gasteiger partial charge in [-0.3, -0.25) is 14.6 Å². The number of amides is 2. The standard InChI is InChI=1S/C22H27N3O2/c1-4-19-7-5-6-10-25(19)22(27)18-12-17(13-23-14-18)21(26)24-20-9-8-15(2)11-16(20)3/h8-9,11-14,19H,4-7,10H2,1-3H3,(H,24,26). The van der Waals surface area contributed by atoms with Crippen molar-refractivity contribution in [3.8, 4) is 0 Å². The molecule has 0 spiro atoms. The minimum absolute atomic E-state index is 0.0322. The average Bonchev–Trinajstić information content (AvgIpc) is 2.69. The van der Waals surface area contributed by atoms with Crippen LogP contribution in [0.2, 0.25) is 0 Å². The molecule has 0 saturated carbocycles. The SMILES string of the molecule is CCC1CCCCN1C(=O)c1cncc(C(=O)Nc2ccc(C)cc2C)c1. The van der Waals surface area contributed by atoms with Crippen molar-refractivity contribution < 1.29 is 9.59 Å². The first-order valence-corrected chi connectivity index (χ1v) is 9.64. The zero-order valence-corrected chi connectivity index (χ0v) is 16.3. The number of benzene rings is 1. The normalized spacial score (nSPS) is 16.9. The van der Waals surface area contributed by atoms with Gasteiger partial charge in [-0.25, -0.2) is 0 Å². The Morgan fingerprint density at radius 3 is 2.67 bits per heavy atom. The van der Waals surface area contributed by atoms with Gasteiger partial charge in [0, 0.05) is 30.7 Å². The van der Waals surface area contributed by atoms with E-state index in [0.717, 1.165) is 42.6 Å². The second kappa shape index (κ2) is 8.33. The number of piperidine rings is 1. The summed E-state index contributed by atoms with van der Waals surface area (Å²) in [6.45, 7) is 6.86. The van der Waals surface area contributed by atoms with Crippen LogP contribution >= 0.6 is 0 Å². The van der Waals surface area contributed by atoms with Crippen LogP contribution in [0, 0.1) is 13.8 Å². The molecular weight excluding hydrogens is 338 g/mol. The van der Waals surface area contributed by atoms with Gasteiger partial charge in [0.05, 0.1) is 11.1 Å². The fraction of sp³-hybridized carbons (Fsp3) is 0.409. The Hall–Kier alpha value is -2.69. The van der Waals surface area contributed by atoms with E-state index < -0.39 is 0 Å². The number of likely N-dealkylation sites (tertiary alicyclic amines) is 1. The predicted octanol–water partition coefficient (Wildman–Crippen LogP) is 4.36. The van der Waals surface area contributed by atoms with Crippen LogP contribution in [0.25, 0.3) is 0 Å². The smallest absolute Gasteiger partial charge is 0.257 e. The second-order valence-electron chi connectivity index (χ2n) is 7.29. The Balaban J connectivity index is 1.78. The fourth-order valence-corrected chi connectivity index (χ4v) is 3.69. The number of nitrogens with zero attached hydrogens (tertiary/aromatic N) is 2. The molecule has 1 N–H and O–H groups in total. The van der Waals surface area contributed by atoms with Crippen LogP contribution in [-0.2, 0) is 0 Å². The molecule has 142 valence electrons. The molecular formula is C22H27N3O2. The number of rotatable bonds is 4. The lowest BCUT2D eigenvalue weighted by atomic mass is 9.99. The molecule has 3 rings (SSSR count). The van der Waals surface area contributed by atoms with Crippen molar-refractivity contribution in [1.82, 2.24) is 9.88 Å². The second-order valence-corrected chi connectivity index (χ2v) is 7.29. The third-order valence-corrected chi connectivity index (χ3v) is 5.24. The third kappa shape index (κ3) is 4.35. The fourth-order valence-electron chi connectivity index (χ4n) is 3.69. The minimum atomic E-state index is -0.255. The van der Waals surface area contributed by atoms with Crippen molar-refractivity contribution >= 4 is 17.5 Å². The monoisotopic (exact) mass is 365 g/mol. The van der Waals surface area contributed by atoms with Crippen molar-refractivity contribution in [1.29, 1.82) is 0 Å². The molecule has 0 bridgehead atoms. The minimum Gasteiger partial charge on any atom is -0.336 e. The van der Waals surface area contributed by atoms with Crippen LogP contribution < -0.4 is 5.32 Å². The quantitative estimate of drug-likeness (QED) is 0.876. The molecule has 2 aromatic rings. The molecule has 2 amide bonds. The summed E-state index contributed by atoms with van der Waals surface area (Å²) >= 11 is 0. The lowest BCUT2D eigenvalue weighted by Gasteiger charge is -2.35. The highest BCUT2D eigenvalue weighted by atomic mass is 16.2. The Bertz CT molecular complexity index is 847. The highest BCUT2D eigenvalue weighted by Crippen LogP contribution is 2.22. The van der Waals surface area contributed by atoms with Crippen molar-refractivity contribution in [3.63, 3.8) is 0 Å². The van der Waals surface area contributed by atoms with E-state index in [4.69, 9.17) is 0 Å². The highest BCUT2D eigenvalue weighted by molar-refractivity contribution is 6.06. The number of aromatic nitrogens is 1. The third-order valence-electron chi connectivity index (χ3n) is 5.24. The molecule has 1 atom stereocenters. The molecule has 1 aliphatic rings. The summed E-state index contributed by atoms with van der Waals surface area (Å²) in [6.07, 6.45) is 7.25. The van der Waals surface area contributed by atoms with E-state index in [-0.39, 0.29) is 17.9 Å². The van der Waals surface area contributed by atoms with Crippen LogP contribution in [0.1, 0.15) is 64.4 Å². The summed E-state index contributed by atoms with van der Waals surface area (Å²) in [5, 5.41) is 2.92. The molecule has 1 aromatic heterocycles. The molecule has 2 heterocycles. The van der Waals surface area contributed by atoms with Crippen molar-refractivity contribution in [2.45, 2.75) is 52.5 Å². The molecule has 5 heteroatoms. The summed E-state index contributed by atoms with van der Waals surface area (Å²) < 4.78 is 0. The van der Waals surface area contributed by atoms with Gasteiger partial charge in [0.15, 0.2) is 0 Å². The average molecular weight is 365 g/mol. The Labute approximate surface area is 160 Å². The maximum atomic E-state index is 12.9. The Kier molecular flexibility index (Phi) is 5.89. The van der Waals surface area contributed by atoms with Crippen molar-refractivity contribution in [3.05, 3.63) is 58.9 Å². The summed E-state index contributed by atoms with van der Waals surface area (Å²) in [7, 11) is 0. The first-order chi connectivity index (χ1) is 13.0. The van der Waals surface area contributed by atoms with Crippen molar-refractivity contribution in [2.24, 2.45) is 0 Å². The van der Waals surface area contributed by atoms with E-state index >= 15 is 0 Å². The van der Waals surface area contributed by atoms with E-state index in [1.165, 1.54) is 12.6 Å². The van der Waals surface area contributed by atoms with Gasteiger partial charge in [-0.05, 0) is 57.2 Å². The summed E-state index contributed by atoms with van der Waals surface area (Å²) in [6, 6.07) is 7.80. The maximum Gasteiger partial charge on any atom is 0.257 e. The zero-order chi connectivity index (χ0) is 19.4. The lowest BCUT2D eigenvalue weighted by Crippen LogP contribution is -2.43. The van der Waals surface area contributed by atoms with Crippen LogP contribution in [0.3, 0.4) is 0 Å². The number of carbonyl (C=O) groups is 2. The Morgan fingerprint density at radius 2 is 1.93 bits per heavy atom. The van der Waals surface area contributed by atoms with Crippen LogP contribution in [0.15, 0.2) is 36.7 Å². The predicted molar refractivity (Wildman–Crippen MR) is 107 cm³/mol. The highest BCUT2D eigenvalue weighted by Gasteiger charge is 2.26. The molecule has 1 saturated heterocycles. The Morgan fingerprint density at radius 1 is 1.15 bits per heavy atom. The topological polar surface area (TPSA) is 62.3 Å². The molecule has 1 unspecified atom stereocenters. The van der Waals surface area contributed by atoms with Crippen LogP contribution in [0.4, 0.5) is 5.69 Å². The number of aryl methyl sites for hydroxylation is 2. The number of hydrogen-bond acceptors (Lipinski definition) is 3. The first-order valence-electron chi connectivity index (χ1n) is 9.64. The largest absolute Gasteiger partial charge is 0.336 e. The molecule has 1 aromatic carbocycles. The van der Waals surface area contributed by atoms with E-state index in [1.54, 1.807) is 12.3 Å². The number of hydrogen-bond donors (Lipinski definition) is 1. The molecule has 0 aliphatic carbocycles. The number of pyridine rings is 1. The van der Waals surface area contributed by atoms with Gasteiger partial charge < -0.3 is 10.2 Å². The van der Waals surface area contributed by atoms with Crippen molar-refractivity contribution in [2.75, 3.05) is 11.9 Å². The van der Waals surface area contributed by atoms with Crippen LogP contribution in [-0.4, -0.2) is 34.3 Å². The molecule has 1 fully saturated rings. The van der Waals surface area contributed by atoms with Gasteiger partial charge in [0.25, 0.3) is 11.8 Å². The van der Waals surface area contributed by atoms with Gasteiger partial charge >= 0.3 is 0 Å². The lowest BCUT2D eigenvalue weighted by molar-refractivity contribution is 0.0607. The molecule has 1 aliphatic heterocycles. The van der Waals surface area contributed by atoms with Gasteiger partial charge in [0.2, 0.25) is 0 Å². The summed E-state index contributed by atoms with van der Waals surface area (Å²) in [5.41, 5.74) is 3.79. The number of anilines is 1. The van der Waals surface area contributed by atoms with Gasteiger partial charge in [0.1, 0.15) is 0 Å². The summed E-state index contributed by atoms with van der Waals surface area (Å²) in [4.78, 5) is 31.7. The van der Waals surface area contributed by atoms with Gasteiger partial charge in [-0.2, -0.15) is 0 Å². The molecule has 27 heavy (non-hydrogen) atoms. The maximum absolute atomic E-state index is 12.9. The molecule has 5 nitrogen and oxygen atoms in total.